The molecule has 29 heavy (non-hydrogen) atoms. The lowest BCUT2D eigenvalue weighted by Crippen LogP contribution is -2.19. The highest BCUT2D eigenvalue weighted by Crippen LogP contribution is 2.35. The van der Waals surface area contributed by atoms with Crippen LogP contribution in [-0.2, 0) is 4.79 Å². The normalized spacial score (nSPS) is 16.6. The molecule has 146 valence electrons. The number of benzene rings is 2. The Kier molecular flexibility index (Phi) is 5.95. The van der Waals surface area contributed by atoms with Crippen molar-refractivity contribution in [2.75, 3.05) is 0 Å². The lowest BCUT2D eigenvalue weighted by molar-refractivity contribution is -0.115. The van der Waals surface area contributed by atoms with E-state index in [4.69, 9.17) is 50.8 Å². The fraction of sp³-hybridized carbons (Fsp3) is 0. The summed E-state index contributed by atoms with van der Waals surface area (Å²) in [5, 5.41) is 5.09. The highest BCUT2D eigenvalue weighted by atomic mass is 35.5. The lowest BCUT2D eigenvalue weighted by Gasteiger charge is -2.01. The topological polar surface area (TPSA) is 54.6 Å². The number of aliphatic imine (C=N–C) groups is 1. The number of hydrogen-bond acceptors (Lipinski definition) is 4. The van der Waals surface area contributed by atoms with E-state index in [1.807, 2.05) is 0 Å². The molecule has 1 aromatic heterocycles. The molecular weight excluding hydrogens is 474 g/mol. The summed E-state index contributed by atoms with van der Waals surface area (Å²) in [5.74, 6) is 0.770. The van der Waals surface area contributed by atoms with Crippen LogP contribution in [0, 0.1) is 0 Å². The summed E-state index contributed by atoms with van der Waals surface area (Å²) in [6, 6.07) is 13.6. The first-order valence-corrected chi connectivity index (χ1v) is 10.5. The van der Waals surface area contributed by atoms with Crippen molar-refractivity contribution < 1.29 is 9.21 Å². The number of halogens is 4. The molecule has 4 nitrogen and oxygen atoms in total. The van der Waals surface area contributed by atoms with E-state index in [2.05, 4.69) is 10.3 Å². The third-order valence-electron chi connectivity index (χ3n) is 3.88. The second-order valence-corrected chi connectivity index (χ2v) is 8.62. The summed E-state index contributed by atoms with van der Waals surface area (Å²) in [5.41, 5.74) is 1.18. The molecule has 1 amide bonds. The van der Waals surface area contributed by atoms with Gasteiger partial charge in [0.1, 0.15) is 11.5 Å². The molecule has 1 aliphatic rings. The number of nitrogens with zero attached hydrogens (tertiary/aromatic N) is 1. The summed E-state index contributed by atoms with van der Waals surface area (Å²) >= 11 is 25.5. The number of carbonyl (C=O) groups is 1. The van der Waals surface area contributed by atoms with Gasteiger partial charge in [-0.3, -0.25) is 4.79 Å². The average Bonchev–Trinajstić information content (AvgIpc) is 3.27. The van der Waals surface area contributed by atoms with Crippen LogP contribution in [0.15, 0.2) is 62.8 Å². The van der Waals surface area contributed by atoms with Gasteiger partial charge in [0.15, 0.2) is 5.17 Å². The molecule has 3 aromatic rings. The molecule has 0 radical (unpaired) electrons. The predicted molar refractivity (Wildman–Crippen MR) is 121 cm³/mol. The van der Waals surface area contributed by atoms with Crippen LogP contribution in [0.3, 0.4) is 0 Å². The molecule has 4 rings (SSSR count). The Hall–Kier alpha value is -1.89. The van der Waals surface area contributed by atoms with Crippen molar-refractivity contribution in [2.45, 2.75) is 0 Å². The van der Waals surface area contributed by atoms with Crippen LogP contribution < -0.4 is 5.32 Å². The maximum Gasteiger partial charge on any atom is 0.264 e. The largest absolute Gasteiger partial charge is 0.457 e. The molecule has 0 unspecified atom stereocenters. The standard InChI is InChI=1S/C20H10Cl4N2O2S/c21-10-1-4-14(23)13(7-10)17-6-3-12(28-17)9-18-19(27)26-20(29-18)25-16-5-2-11(22)8-15(16)24/h1-9H,(H,25,26,27). The molecule has 2 heterocycles. The molecule has 0 saturated carbocycles. The van der Waals surface area contributed by atoms with Crippen LogP contribution in [0.25, 0.3) is 17.4 Å². The van der Waals surface area contributed by atoms with Crippen molar-refractivity contribution >= 4 is 81.0 Å². The molecule has 1 N–H and O–H groups in total. The van der Waals surface area contributed by atoms with E-state index < -0.39 is 0 Å². The van der Waals surface area contributed by atoms with E-state index in [-0.39, 0.29) is 5.91 Å². The van der Waals surface area contributed by atoms with Crippen molar-refractivity contribution in [3.63, 3.8) is 0 Å². The van der Waals surface area contributed by atoms with Crippen LogP contribution in [0.1, 0.15) is 5.76 Å². The van der Waals surface area contributed by atoms with Gasteiger partial charge in [-0.15, -0.1) is 0 Å². The summed E-state index contributed by atoms with van der Waals surface area (Å²) in [7, 11) is 0. The number of hydrogen-bond donors (Lipinski definition) is 1. The van der Waals surface area contributed by atoms with Crippen molar-refractivity contribution in [1.29, 1.82) is 0 Å². The summed E-state index contributed by atoms with van der Waals surface area (Å²) in [4.78, 5) is 17.1. The minimum Gasteiger partial charge on any atom is -0.457 e. The van der Waals surface area contributed by atoms with E-state index in [1.165, 1.54) is 11.8 Å². The first-order valence-electron chi connectivity index (χ1n) is 8.19. The zero-order valence-corrected chi connectivity index (χ0v) is 18.2. The van der Waals surface area contributed by atoms with Gasteiger partial charge in [-0.2, -0.15) is 0 Å². The van der Waals surface area contributed by atoms with Crippen LogP contribution in [0.2, 0.25) is 20.1 Å². The number of amidine groups is 1. The highest BCUT2D eigenvalue weighted by molar-refractivity contribution is 8.18. The van der Waals surface area contributed by atoms with Gasteiger partial charge < -0.3 is 9.73 Å². The molecule has 0 bridgehead atoms. The third kappa shape index (κ3) is 4.65. The van der Waals surface area contributed by atoms with E-state index in [1.54, 1.807) is 54.6 Å². The molecule has 1 aliphatic heterocycles. The fourth-order valence-electron chi connectivity index (χ4n) is 2.55. The summed E-state index contributed by atoms with van der Waals surface area (Å²) in [6.07, 6.45) is 1.63. The quantitative estimate of drug-likeness (QED) is 0.393. The smallest absolute Gasteiger partial charge is 0.264 e. The summed E-state index contributed by atoms with van der Waals surface area (Å²) < 4.78 is 5.81. The Morgan fingerprint density at radius 3 is 2.48 bits per heavy atom. The average molecular weight is 484 g/mol. The molecule has 2 aromatic carbocycles. The van der Waals surface area contributed by atoms with E-state index in [9.17, 15) is 4.79 Å². The van der Waals surface area contributed by atoms with Crippen LogP contribution in [0.4, 0.5) is 5.69 Å². The van der Waals surface area contributed by atoms with E-state index in [0.717, 1.165) is 0 Å². The maximum absolute atomic E-state index is 12.3. The zero-order valence-electron chi connectivity index (χ0n) is 14.4. The number of nitrogens with one attached hydrogen (secondary N) is 1. The Bertz CT molecular complexity index is 1190. The predicted octanol–water partition coefficient (Wildman–Crippen LogP) is 7.45. The SMILES string of the molecule is O=C1NC(=Nc2ccc(Cl)cc2Cl)SC1=Cc1ccc(-c2cc(Cl)ccc2Cl)o1. The zero-order chi connectivity index (χ0) is 20.5. The van der Waals surface area contributed by atoms with Crippen molar-refractivity contribution in [2.24, 2.45) is 4.99 Å². The molecule has 0 spiro atoms. The Morgan fingerprint density at radius 2 is 1.69 bits per heavy atom. The monoisotopic (exact) mass is 482 g/mol. The van der Waals surface area contributed by atoms with Gasteiger partial charge in [0.2, 0.25) is 0 Å². The van der Waals surface area contributed by atoms with Gasteiger partial charge in [0.05, 0.1) is 20.6 Å². The Balaban J connectivity index is 1.58. The van der Waals surface area contributed by atoms with Gasteiger partial charge in [-0.05, 0) is 60.3 Å². The second-order valence-electron chi connectivity index (χ2n) is 5.90. The van der Waals surface area contributed by atoms with Gasteiger partial charge in [-0.25, -0.2) is 4.99 Å². The highest BCUT2D eigenvalue weighted by Gasteiger charge is 2.24. The Morgan fingerprint density at radius 1 is 0.931 bits per heavy atom. The number of furan rings is 1. The molecular formula is C20H10Cl4N2O2S. The van der Waals surface area contributed by atoms with E-state index >= 15 is 0 Å². The Labute approximate surface area is 190 Å². The minimum absolute atomic E-state index is 0.280. The molecule has 1 fully saturated rings. The van der Waals surface area contributed by atoms with E-state index in [0.29, 0.717) is 52.9 Å². The molecule has 0 aliphatic carbocycles. The second kappa shape index (κ2) is 8.46. The first kappa shape index (κ1) is 20.4. The molecule has 1 saturated heterocycles. The van der Waals surface area contributed by atoms with Crippen LogP contribution in [-0.4, -0.2) is 11.1 Å². The molecule has 0 atom stereocenters. The molecule has 9 heteroatoms. The minimum atomic E-state index is -0.280. The summed E-state index contributed by atoms with van der Waals surface area (Å²) in [6.45, 7) is 0. The maximum atomic E-state index is 12.3. The van der Waals surface area contributed by atoms with Crippen molar-refractivity contribution in [3.05, 3.63) is 79.3 Å². The van der Waals surface area contributed by atoms with Crippen LogP contribution >= 0.6 is 58.2 Å². The number of carbonyl (C=O) groups excluding carboxylic acids is 1. The number of amides is 1. The van der Waals surface area contributed by atoms with Gasteiger partial charge in [0, 0.05) is 21.7 Å². The number of thioether (sulfide) groups is 1. The van der Waals surface area contributed by atoms with Gasteiger partial charge in [0.25, 0.3) is 5.91 Å². The first-order chi connectivity index (χ1) is 13.9. The fourth-order valence-corrected chi connectivity index (χ4v) is 4.20. The van der Waals surface area contributed by atoms with Crippen LogP contribution in [0.5, 0.6) is 0 Å². The third-order valence-corrected chi connectivity index (χ3v) is 5.89. The number of rotatable bonds is 3. The van der Waals surface area contributed by atoms with Gasteiger partial charge in [-0.1, -0.05) is 46.4 Å². The van der Waals surface area contributed by atoms with Crippen molar-refractivity contribution in [3.8, 4) is 11.3 Å². The van der Waals surface area contributed by atoms with Crippen molar-refractivity contribution in [1.82, 2.24) is 5.32 Å². The lowest BCUT2D eigenvalue weighted by atomic mass is 10.2. The van der Waals surface area contributed by atoms with Gasteiger partial charge >= 0.3 is 0 Å².